The van der Waals surface area contributed by atoms with Crippen LogP contribution in [0.1, 0.15) is 19.8 Å². The van der Waals surface area contributed by atoms with Crippen LogP contribution in [0.15, 0.2) is 18.7 Å². The molecule has 1 aliphatic carbocycles. The van der Waals surface area contributed by atoms with Gasteiger partial charge in [-0.1, -0.05) is 0 Å². The van der Waals surface area contributed by atoms with E-state index in [1.807, 2.05) is 0 Å². The minimum absolute atomic E-state index is 0.143. The van der Waals surface area contributed by atoms with E-state index in [2.05, 4.69) is 15.6 Å². The van der Waals surface area contributed by atoms with Crippen molar-refractivity contribution >= 4 is 11.9 Å². The quantitative estimate of drug-likeness (QED) is 0.762. The fourth-order valence-electron chi connectivity index (χ4n) is 1.26. The van der Waals surface area contributed by atoms with E-state index in [-0.39, 0.29) is 11.9 Å². The van der Waals surface area contributed by atoms with Gasteiger partial charge in [-0.25, -0.2) is 9.78 Å². The summed E-state index contributed by atoms with van der Waals surface area (Å²) in [5, 5.41) is 5.41. The summed E-state index contributed by atoms with van der Waals surface area (Å²) < 4.78 is 1.29. The Kier molecular flexibility index (Phi) is 2.89. The molecule has 0 spiro atoms. The van der Waals surface area contributed by atoms with E-state index in [1.54, 1.807) is 6.92 Å². The molecule has 6 heteroatoms. The number of nitrogens with one attached hydrogen (secondary N) is 2. The van der Waals surface area contributed by atoms with Gasteiger partial charge in [-0.05, 0) is 19.8 Å². The highest BCUT2D eigenvalue weighted by Gasteiger charge is 2.26. The molecule has 6 nitrogen and oxygen atoms in total. The number of hydrogen-bond donors (Lipinski definition) is 2. The Morgan fingerprint density at radius 2 is 2.25 bits per heavy atom. The van der Waals surface area contributed by atoms with Crippen LogP contribution in [0.25, 0.3) is 0 Å². The smallest absolute Gasteiger partial charge is 0.327 e. The van der Waals surface area contributed by atoms with E-state index in [4.69, 9.17) is 0 Å². The molecule has 0 saturated heterocycles. The van der Waals surface area contributed by atoms with Gasteiger partial charge in [0.05, 0.1) is 0 Å². The van der Waals surface area contributed by atoms with Crippen LogP contribution < -0.4 is 10.6 Å². The topological polar surface area (TPSA) is 76.0 Å². The second kappa shape index (κ2) is 4.34. The molecule has 2 amide bonds. The molecule has 1 saturated carbocycles. The number of carbonyl (C=O) groups excluding carboxylic acids is 2. The van der Waals surface area contributed by atoms with Crippen LogP contribution >= 0.6 is 0 Å². The molecule has 1 atom stereocenters. The molecule has 0 aromatic carbocycles. The maximum atomic E-state index is 11.6. The van der Waals surface area contributed by atoms with Crippen molar-refractivity contribution in [2.75, 3.05) is 0 Å². The van der Waals surface area contributed by atoms with Crippen LogP contribution in [-0.2, 0) is 4.79 Å². The predicted molar refractivity (Wildman–Crippen MR) is 56.8 cm³/mol. The summed E-state index contributed by atoms with van der Waals surface area (Å²) in [5.74, 6) is -0.143. The first-order chi connectivity index (χ1) is 7.66. The van der Waals surface area contributed by atoms with Gasteiger partial charge < -0.3 is 10.6 Å². The molecule has 1 aromatic heterocycles. The third-order valence-electron chi connectivity index (χ3n) is 2.40. The van der Waals surface area contributed by atoms with Crippen LogP contribution in [0.3, 0.4) is 0 Å². The number of carbonyl (C=O) groups is 2. The molecule has 2 N–H and O–H groups in total. The van der Waals surface area contributed by atoms with E-state index in [9.17, 15) is 9.59 Å². The van der Waals surface area contributed by atoms with Crippen LogP contribution in [0, 0.1) is 0 Å². The number of rotatable bonds is 3. The lowest BCUT2D eigenvalue weighted by atomic mass is 10.3. The van der Waals surface area contributed by atoms with Gasteiger partial charge in [-0.15, -0.1) is 0 Å². The standard InChI is InChI=1S/C10H14N4O2/c1-7(9(15)13-8-2-3-8)12-10(16)14-5-4-11-6-14/h4-8H,2-3H2,1H3,(H,12,16)(H,13,15). The van der Waals surface area contributed by atoms with Crippen LogP contribution in [0.2, 0.25) is 0 Å². The second-order valence-electron chi connectivity index (χ2n) is 3.92. The van der Waals surface area contributed by atoms with Gasteiger partial charge in [0.15, 0.2) is 0 Å². The van der Waals surface area contributed by atoms with E-state index in [0.29, 0.717) is 6.04 Å². The van der Waals surface area contributed by atoms with Gasteiger partial charge in [-0.3, -0.25) is 9.36 Å². The summed E-state index contributed by atoms with van der Waals surface area (Å²) in [6.07, 6.45) is 6.50. The number of amides is 2. The van der Waals surface area contributed by atoms with E-state index in [1.165, 1.54) is 23.3 Å². The van der Waals surface area contributed by atoms with Gasteiger partial charge in [0, 0.05) is 18.4 Å². The summed E-state index contributed by atoms with van der Waals surface area (Å²) in [7, 11) is 0. The average molecular weight is 222 g/mol. The lowest BCUT2D eigenvalue weighted by Crippen LogP contribution is -2.46. The fourth-order valence-corrected chi connectivity index (χ4v) is 1.26. The molecule has 86 valence electrons. The maximum Gasteiger partial charge on any atom is 0.327 e. The van der Waals surface area contributed by atoms with Crippen molar-refractivity contribution in [3.05, 3.63) is 18.7 Å². The highest BCUT2D eigenvalue weighted by molar-refractivity contribution is 5.87. The van der Waals surface area contributed by atoms with Crippen molar-refractivity contribution < 1.29 is 9.59 Å². The molecule has 1 fully saturated rings. The van der Waals surface area contributed by atoms with Crippen molar-refractivity contribution in [2.24, 2.45) is 0 Å². The van der Waals surface area contributed by atoms with Crippen molar-refractivity contribution in [2.45, 2.75) is 31.8 Å². The van der Waals surface area contributed by atoms with Crippen molar-refractivity contribution in [1.82, 2.24) is 20.2 Å². The molecule has 0 bridgehead atoms. The van der Waals surface area contributed by atoms with Gasteiger partial charge in [0.25, 0.3) is 0 Å². The average Bonchev–Trinajstić information content (AvgIpc) is 2.89. The highest BCUT2D eigenvalue weighted by Crippen LogP contribution is 2.18. The largest absolute Gasteiger partial charge is 0.352 e. The zero-order chi connectivity index (χ0) is 11.5. The molecule has 1 heterocycles. The van der Waals surface area contributed by atoms with Gasteiger partial charge in [0.2, 0.25) is 5.91 Å². The van der Waals surface area contributed by atoms with Crippen molar-refractivity contribution in [3.63, 3.8) is 0 Å². The number of hydrogen-bond acceptors (Lipinski definition) is 3. The number of nitrogens with zero attached hydrogens (tertiary/aromatic N) is 2. The maximum absolute atomic E-state index is 11.6. The van der Waals surface area contributed by atoms with Gasteiger partial charge >= 0.3 is 6.03 Å². The van der Waals surface area contributed by atoms with E-state index < -0.39 is 6.04 Å². The van der Waals surface area contributed by atoms with Crippen LogP contribution in [0.4, 0.5) is 4.79 Å². The van der Waals surface area contributed by atoms with E-state index in [0.717, 1.165) is 12.8 Å². The summed E-state index contributed by atoms with van der Waals surface area (Å²) in [5.41, 5.74) is 0. The first kappa shape index (κ1) is 10.7. The van der Waals surface area contributed by atoms with Crippen LogP contribution in [-0.4, -0.2) is 33.6 Å². The SMILES string of the molecule is CC(NC(=O)n1ccnc1)C(=O)NC1CC1. The Morgan fingerprint density at radius 3 is 2.81 bits per heavy atom. The Hall–Kier alpha value is -1.85. The lowest BCUT2D eigenvalue weighted by molar-refractivity contribution is -0.122. The van der Waals surface area contributed by atoms with Gasteiger partial charge in [-0.2, -0.15) is 0 Å². The molecular formula is C10H14N4O2. The molecule has 2 rings (SSSR count). The predicted octanol–water partition coefficient (Wildman–Crippen LogP) is 0.108. The Morgan fingerprint density at radius 1 is 1.50 bits per heavy atom. The molecule has 1 aromatic rings. The summed E-state index contributed by atoms with van der Waals surface area (Å²) >= 11 is 0. The lowest BCUT2D eigenvalue weighted by Gasteiger charge is -2.13. The minimum Gasteiger partial charge on any atom is -0.352 e. The van der Waals surface area contributed by atoms with Crippen molar-refractivity contribution in [1.29, 1.82) is 0 Å². The molecular weight excluding hydrogens is 208 g/mol. The minimum atomic E-state index is -0.532. The molecule has 1 unspecified atom stereocenters. The molecule has 0 aliphatic heterocycles. The molecule has 16 heavy (non-hydrogen) atoms. The summed E-state index contributed by atoms with van der Waals surface area (Å²) in [6.45, 7) is 1.66. The van der Waals surface area contributed by atoms with Gasteiger partial charge in [0.1, 0.15) is 12.4 Å². The third kappa shape index (κ3) is 2.59. The molecule has 1 aliphatic rings. The number of imidazole rings is 1. The first-order valence-corrected chi connectivity index (χ1v) is 5.26. The highest BCUT2D eigenvalue weighted by atomic mass is 16.2. The molecule has 0 radical (unpaired) electrons. The van der Waals surface area contributed by atoms with Crippen LogP contribution in [0.5, 0.6) is 0 Å². The van der Waals surface area contributed by atoms with Crippen molar-refractivity contribution in [3.8, 4) is 0 Å². The van der Waals surface area contributed by atoms with E-state index >= 15 is 0 Å². The Balaban J connectivity index is 1.83. The fraction of sp³-hybridized carbons (Fsp3) is 0.500. The second-order valence-corrected chi connectivity index (χ2v) is 3.92. The summed E-state index contributed by atoms with van der Waals surface area (Å²) in [6, 6.07) is -0.577. The summed E-state index contributed by atoms with van der Waals surface area (Å²) in [4.78, 5) is 26.9. The normalized spacial score (nSPS) is 16.6. The Labute approximate surface area is 93.0 Å². The zero-order valence-corrected chi connectivity index (χ0v) is 9.01. The number of aromatic nitrogens is 2. The zero-order valence-electron chi connectivity index (χ0n) is 9.01. The Bertz CT molecular complexity index is 384. The first-order valence-electron chi connectivity index (χ1n) is 5.26. The monoisotopic (exact) mass is 222 g/mol. The third-order valence-corrected chi connectivity index (χ3v) is 2.40.